The minimum absolute atomic E-state index is 0.138. The molecule has 33 heavy (non-hydrogen) atoms. The summed E-state index contributed by atoms with van der Waals surface area (Å²) in [5.41, 5.74) is 4.82. The standard InChI is InChI=1S/C26H24N4O3/c1-4-32-21-11-9-19(10-12-21)22-15-24-26(31)29(13-14-30(24)28-22)16-23-18(3)33-25(27-23)20-7-5-17(2)6-8-20/h5-15H,4,16H2,1-3H3. The number of ether oxygens (including phenoxy) is 1. The van der Waals surface area contributed by atoms with E-state index in [1.165, 1.54) is 5.56 Å². The largest absolute Gasteiger partial charge is 0.494 e. The van der Waals surface area contributed by atoms with Crippen LogP contribution >= 0.6 is 0 Å². The van der Waals surface area contributed by atoms with Crippen molar-refractivity contribution in [3.05, 3.63) is 94.4 Å². The minimum atomic E-state index is -0.138. The molecule has 7 nitrogen and oxygen atoms in total. The second kappa shape index (κ2) is 8.43. The van der Waals surface area contributed by atoms with Crippen molar-refractivity contribution in [1.82, 2.24) is 19.2 Å². The van der Waals surface area contributed by atoms with Gasteiger partial charge in [0.25, 0.3) is 5.56 Å². The first kappa shape index (κ1) is 20.8. The number of benzene rings is 2. The van der Waals surface area contributed by atoms with E-state index >= 15 is 0 Å². The van der Waals surface area contributed by atoms with Gasteiger partial charge in [-0.2, -0.15) is 5.10 Å². The van der Waals surface area contributed by atoms with Crippen LogP contribution in [0.1, 0.15) is 23.9 Å². The fourth-order valence-electron chi connectivity index (χ4n) is 3.74. The second-order valence-corrected chi connectivity index (χ2v) is 7.94. The van der Waals surface area contributed by atoms with E-state index < -0.39 is 0 Å². The van der Waals surface area contributed by atoms with E-state index in [1.54, 1.807) is 21.5 Å². The van der Waals surface area contributed by atoms with Gasteiger partial charge >= 0.3 is 0 Å². The lowest BCUT2D eigenvalue weighted by Crippen LogP contribution is -2.22. The number of fused-ring (bicyclic) bond motifs is 1. The van der Waals surface area contributed by atoms with Crippen LogP contribution in [0.4, 0.5) is 0 Å². The van der Waals surface area contributed by atoms with Crippen LogP contribution in [0.5, 0.6) is 5.75 Å². The number of hydrogen-bond acceptors (Lipinski definition) is 5. The number of hydrogen-bond donors (Lipinski definition) is 0. The van der Waals surface area contributed by atoms with Crippen molar-refractivity contribution in [2.24, 2.45) is 0 Å². The lowest BCUT2D eigenvalue weighted by molar-refractivity contribution is 0.340. The second-order valence-electron chi connectivity index (χ2n) is 7.94. The van der Waals surface area contributed by atoms with Crippen LogP contribution in [-0.2, 0) is 6.54 Å². The first-order valence-electron chi connectivity index (χ1n) is 10.9. The summed E-state index contributed by atoms with van der Waals surface area (Å²) in [4.78, 5) is 17.8. The van der Waals surface area contributed by atoms with E-state index in [2.05, 4.69) is 10.1 Å². The number of aromatic nitrogens is 4. The van der Waals surface area contributed by atoms with Gasteiger partial charge in [0.1, 0.15) is 22.7 Å². The maximum absolute atomic E-state index is 13.2. The fourth-order valence-corrected chi connectivity index (χ4v) is 3.74. The SMILES string of the molecule is CCOc1ccc(-c2cc3c(=O)n(Cc4nc(-c5ccc(C)cc5)oc4C)ccn3n2)cc1. The van der Waals surface area contributed by atoms with Crippen molar-refractivity contribution < 1.29 is 9.15 Å². The van der Waals surface area contributed by atoms with Gasteiger partial charge in [-0.05, 0) is 63.2 Å². The third-order valence-corrected chi connectivity index (χ3v) is 5.58. The van der Waals surface area contributed by atoms with Gasteiger partial charge in [-0.15, -0.1) is 0 Å². The molecule has 0 aliphatic rings. The van der Waals surface area contributed by atoms with Gasteiger partial charge < -0.3 is 13.7 Å². The van der Waals surface area contributed by atoms with Crippen molar-refractivity contribution in [2.75, 3.05) is 6.61 Å². The lowest BCUT2D eigenvalue weighted by atomic mass is 10.1. The summed E-state index contributed by atoms with van der Waals surface area (Å²) >= 11 is 0. The Morgan fingerprint density at radius 2 is 1.70 bits per heavy atom. The summed E-state index contributed by atoms with van der Waals surface area (Å²) in [6.45, 7) is 6.79. The molecule has 0 radical (unpaired) electrons. The molecule has 166 valence electrons. The van der Waals surface area contributed by atoms with Crippen molar-refractivity contribution in [3.63, 3.8) is 0 Å². The van der Waals surface area contributed by atoms with Gasteiger partial charge in [0, 0.05) is 23.5 Å². The molecule has 0 spiro atoms. The molecule has 7 heteroatoms. The predicted molar refractivity (Wildman–Crippen MR) is 127 cm³/mol. The molecule has 0 saturated heterocycles. The summed E-state index contributed by atoms with van der Waals surface area (Å²) < 4.78 is 14.6. The highest BCUT2D eigenvalue weighted by Gasteiger charge is 2.14. The maximum atomic E-state index is 13.2. The first-order chi connectivity index (χ1) is 16.0. The molecule has 3 heterocycles. The Bertz CT molecular complexity index is 1480. The average molecular weight is 441 g/mol. The van der Waals surface area contributed by atoms with E-state index in [1.807, 2.05) is 75.4 Å². The Morgan fingerprint density at radius 3 is 2.42 bits per heavy atom. The third kappa shape index (κ3) is 4.05. The Balaban J connectivity index is 1.44. The molecule has 0 aliphatic heterocycles. The van der Waals surface area contributed by atoms with Gasteiger partial charge in [0.2, 0.25) is 5.89 Å². The molecule has 0 fully saturated rings. The van der Waals surface area contributed by atoms with Crippen molar-refractivity contribution in [3.8, 4) is 28.5 Å². The quantitative estimate of drug-likeness (QED) is 0.376. The van der Waals surface area contributed by atoms with E-state index in [0.717, 1.165) is 28.3 Å². The van der Waals surface area contributed by atoms with Gasteiger partial charge in [-0.1, -0.05) is 17.7 Å². The summed E-state index contributed by atoms with van der Waals surface area (Å²) in [5.74, 6) is 2.06. The summed E-state index contributed by atoms with van der Waals surface area (Å²) in [6, 6.07) is 17.5. The van der Waals surface area contributed by atoms with E-state index in [-0.39, 0.29) is 5.56 Å². The highest BCUT2D eigenvalue weighted by atomic mass is 16.5. The summed E-state index contributed by atoms with van der Waals surface area (Å²) in [5, 5.41) is 4.56. The minimum Gasteiger partial charge on any atom is -0.494 e. The molecule has 0 amide bonds. The van der Waals surface area contributed by atoms with Crippen LogP contribution in [0.25, 0.3) is 28.2 Å². The molecular formula is C26H24N4O3. The summed E-state index contributed by atoms with van der Waals surface area (Å²) in [6.07, 6.45) is 3.51. The van der Waals surface area contributed by atoms with Crippen molar-refractivity contribution in [2.45, 2.75) is 27.3 Å². The molecule has 0 atom stereocenters. The van der Waals surface area contributed by atoms with Crippen molar-refractivity contribution >= 4 is 5.52 Å². The van der Waals surface area contributed by atoms with Crippen LogP contribution in [0.3, 0.4) is 0 Å². The maximum Gasteiger partial charge on any atom is 0.276 e. The van der Waals surface area contributed by atoms with E-state index in [0.29, 0.717) is 30.3 Å². The monoisotopic (exact) mass is 440 g/mol. The molecule has 2 aromatic carbocycles. The zero-order valence-corrected chi connectivity index (χ0v) is 18.8. The highest BCUT2D eigenvalue weighted by molar-refractivity contribution is 5.66. The number of rotatable bonds is 6. The number of nitrogens with zero attached hydrogens (tertiary/aromatic N) is 4. The normalized spacial score (nSPS) is 11.2. The molecule has 0 bridgehead atoms. The molecular weight excluding hydrogens is 416 g/mol. The van der Waals surface area contributed by atoms with E-state index in [4.69, 9.17) is 9.15 Å². The lowest BCUT2D eigenvalue weighted by Gasteiger charge is -2.04. The molecule has 0 N–H and O–H groups in total. The van der Waals surface area contributed by atoms with Crippen LogP contribution in [-0.4, -0.2) is 25.8 Å². The first-order valence-corrected chi connectivity index (χ1v) is 10.9. The molecule has 0 aliphatic carbocycles. The Morgan fingerprint density at radius 1 is 0.970 bits per heavy atom. The number of aryl methyl sites for hydroxylation is 2. The van der Waals surface area contributed by atoms with Crippen LogP contribution < -0.4 is 10.3 Å². The van der Waals surface area contributed by atoms with Gasteiger partial charge in [-0.25, -0.2) is 9.50 Å². The predicted octanol–water partition coefficient (Wildman–Crippen LogP) is 4.88. The van der Waals surface area contributed by atoms with Gasteiger partial charge in [0.05, 0.1) is 18.8 Å². The Labute approximate surface area is 190 Å². The van der Waals surface area contributed by atoms with Crippen LogP contribution in [0.2, 0.25) is 0 Å². The third-order valence-electron chi connectivity index (χ3n) is 5.58. The fraction of sp³-hybridized carbons (Fsp3) is 0.192. The molecule has 5 rings (SSSR count). The summed E-state index contributed by atoms with van der Waals surface area (Å²) in [7, 11) is 0. The molecule has 5 aromatic rings. The van der Waals surface area contributed by atoms with Crippen molar-refractivity contribution in [1.29, 1.82) is 0 Å². The highest BCUT2D eigenvalue weighted by Crippen LogP contribution is 2.24. The smallest absolute Gasteiger partial charge is 0.276 e. The number of oxazole rings is 1. The van der Waals surface area contributed by atoms with E-state index in [9.17, 15) is 4.79 Å². The Hall–Kier alpha value is -4.13. The zero-order valence-electron chi connectivity index (χ0n) is 18.8. The average Bonchev–Trinajstić information content (AvgIpc) is 3.41. The van der Waals surface area contributed by atoms with Gasteiger partial charge in [0.15, 0.2) is 0 Å². The molecule has 0 unspecified atom stereocenters. The molecule has 3 aromatic heterocycles. The Kier molecular flexibility index (Phi) is 5.30. The van der Waals surface area contributed by atoms with Crippen LogP contribution in [0, 0.1) is 13.8 Å². The molecule has 0 saturated carbocycles. The zero-order chi connectivity index (χ0) is 22.9. The van der Waals surface area contributed by atoms with Crippen LogP contribution in [0.15, 0.2) is 76.2 Å². The van der Waals surface area contributed by atoms with Gasteiger partial charge in [-0.3, -0.25) is 4.79 Å². The topological polar surface area (TPSA) is 74.6 Å².